The van der Waals surface area contributed by atoms with Crippen LogP contribution in [0.5, 0.6) is 0 Å². The maximum absolute atomic E-state index is 12.9. The molecule has 448 valence electrons. The highest BCUT2D eigenvalue weighted by Crippen LogP contribution is 2.14. The standard InChI is InChI=1S/C73H120O6/c1-4-7-10-13-16-19-22-25-28-30-32-34-35-36-37-39-40-42-45-48-51-54-57-60-63-66-72(75)78-69-70(68-77-71(74)65-62-59-56-53-50-47-44-27-24-21-18-15-12-9-6-3)79-73(76)67-64-61-58-55-52-49-46-43-41-38-33-31-29-26-23-20-17-14-11-8-5-2/h7,10,16,19,23,25-28,31-34,36-37,40-44,48,51,70H,4-6,8-9,11-15,17-18,20-22,24,29-30,35,38-39,45-47,49-50,52-69H2,1-3H3/b10-7-,19-16-,26-23-,28-25-,33-31-,34-32-,37-36-,42-40-,43-41-,44-27-,51-48-. The van der Waals surface area contributed by atoms with Crippen molar-refractivity contribution in [3.63, 3.8) is 0 Å². The van der Waals surface area contributed by atoms with Crippen LogP contribution < -0.4 is 0 Å². The van der Waals surface area contributed by atoms with Crippen LogP contribution in [0.25, 0.3) is 0 Å². The quantitative estimate of drug-likeness (QED) is 0.0261. The molecule has 0 saturated heterocycles. The van der Waals surface area contributed by atoms with E-state index in [1.54, 1.807) is 0 Å². The van der Waals surface area contributed by atoms with E-state index in [0.717, 1.165) is 148 Å². The fraction of sp³-hybridized carbons (Fsp3) is 0.658. The Kier molecular flexibility index (Phi) is 62.3. The van der Waals surface area contributed by atoms with E-state index in [4.69, 9.17) is 14.2 Å². The minimum absolute atomic E-state index is 0.102. The van der Waals surface area contributed by atoms with Gasteiger partial charge < -0.3 is 14.2 Å². The molecule has 0 fully saturated rings. The number of carbonyl (C=O) groups is 3. The molecule has 1 unspecified atom stereocenters. The zero-order chi connectivity index (χ0) is 57.1. The van der Waals surface area contributed by atoms with Crippen LogP contribution in [0.15, 0.2) is 134 Å². The van der Waals surface area contributed by atoms with Gasteiger partial charge in [-0.3, -0.25) is 14.4 Å². The molecule has 0 aliphatic carbocycles. The van der Waals surface area contributed by atoms with Crippen LogP contribution in [0, 0.1) is 0 Å². The van der Waals surface area contributed by atoms with Crippen molar-refractivity contribution in [1.29, 1.82) is 0 Å². The van der Waals surface area contributed by atoms with Crippen LogP contribution in [-0.2, 0) is 28.6 Å². The Morgan fingerprint density at radius 2 is 0.494 bits per heavy atom. The Bertz CT molecular complexity index is 1680. The Balaban J connectivity index is 4.49. The second-order valence-electron chi connectivity index (χ2n) is 21.3. The van der Waals surface area contributed by atoms with E-state index in [9.17, 15) is 14.4 Å². The van der Waals surface area contributed by atoms with Gasteiger partial charge >= 0.3 is 17.9 Å². The molecule has 0 amide bonds. The van der Waals surface area contributed by atoms with Crippen molar-refractivity contribution in [3.05, 3.63) is 134 Å². The first kappa shape index (κ1) is 74.5. The van der Waals surface area contributed by atoms with Crippen molar-refractivity contribution < 1.29 is 28.6 Å². The van der Waals surface area contributed by atoms with E-state index in [1.807, 2.05) is 0 Å². The molecule has 0 aromatic carbocycles. The first-order valence-electron chi connectivity index (χ1n) is 32.7. The van der Waals surface area contributed by atoms with Crippen LogP contribution in [0.4, 0.5) is 0 Å². The normalized spacial score (nSPS) is 13.0. The number of hydrogen-bond donors (Lipinski definition) is 0. The predicted molar refractivity (Wildman–Crippen MR) is 343 cm³/mol. The monoisotopic (exact) mass is 1090 g/mol. The molecular weight excluding hydrogens is 973 g/mol. The van der Waals surface area contributed by atoms with Crippen LogP contribution >= 0.6 is 0 Å². The third-order valence-corrected chi connectivity index (χ3v) is 13.6. The number of ether oxygens (including phenoxy) is 3. The molecule has 0 radical (unpaired) electrons. The highest BCUT2D eigenvalue weighted by atomic mass is 16.6. The smallest absolute Gasteiger partial charge is 0.306 e. The summed E-state index contributed by atoms with van der Waals surface area (Å²) in [4.78, 5) is 38.4. The molecule has 0 aliphatic rings. The molecular formula is C73H120O6. The van der Waals surface area contributed by atoms with Crippen molar-refractivity contribution in [1.82, 2.24) is 0 Å². The molecule has 6 heteroatoms. The molecule has 0 aromatic heterocycles. The third kappa shape index (κ3) is 64.3. The van der Waals surface area contributed by atoms with E-state index in [-0.39, 0.29) is 31.1 Å². The van der Waals surface area contributed by atoms with Gasteiger partial charge in [0.05, 0.1) is 0 Å². The molecule has 79 heavy (non-hydrogen) atoms. The molecule has 0 aliphatic heterocycles. The van der Waals surface area contributed by atoms with Crippen LogP contribution in [0.2, 0.25) is 0 Å². The largest absolute Gasteiger partial charge is 0.462 e. The lowest BCUT2D eigenvalue weighted by Crippen LogP contribution is -2.30. The van der Waals surface area contributed by atoms with Crippen molar-refractivity contribution in [2.24, 2.45) is 0 Å². The molecule has 0 saturated carbocycles. The van der Waals surface area contributed by atoms with Crippen molar-refractivity contribution in [2.45, 2.75) is 297 Å². The molecule has 0 bridgehead atoms. The van der Waals surface area contributed by atoms with E-state index in [2.05, 4.69) is 154 Å². The fourth-order valence-corrected chi connectivity index (χ4v) is 8.72. The third-order valence-electron chi connectivity index (χ3n) is 13.6. The Morgan fingerprint density at radius 1 is 0.266 bits per heavy atom. The van der Waals surface area contributed by atoms with Gasteiger partial charge in [0.15, 0.2) is 6.10 Å². The summed E-state index contributed by atoms with van der Waals surface area (Å²) in [5.74, 6) is -0.954. The number of esters is 3. The summed E-state index contributed by atoms with van der Waals surface area (Å²) in [6.07, 6.45) is 93.1. The summed E-state index contributed by atoms with van der Waals surface area (Å²) in [5, 5.41) is 0. The Labute approximate surface area is 487 Å². The Morgan fingerprint density at radius 3 is 0.797 bits per heavy atom. The van der Waals surface area contributed by atoms with Gasteiger partial charge in [0, 0.05) is 19.3 Å². The lowest BCUT2D eigenvalue weighted by atomic mass is 10.1. The zero-order valence-corrected chi connectivity index (χ0v) is 51.3. The fourth-order valence-electron chi connectivity index (χ4n) is 8.72. The van der Waals surface area contributed by atoms with Gasteiger partial charge in [-0.1, -0.05) is 264 Å². The average Bonchev–Trinajstić information content (AvgIpc) is 3.45. The van der Waals surface area contributed by atoms with E-state index < -0.39 is 6.10 Å². The van der Waals surface area contributed by atoms with Gasteiger partial charge in [0.25, 0.3) is 0 Å². The number of rotatable bonds is 58. The second kappa shape index (κ2) is 66.1. The van der Waals surface area contributed by atoms with Gasteiger partial charge in [0.1, 0.15) is 13.2 Å². The minimum Gasteiger partial charge on any atom is -0.462 e. The van der Waals surface area contributed by atoms with Gasteiger partial charge in [-0.05, 0) is 141 Å². The molecule has 0 aromatic rings. The topological polar surface area (TPSA) is 78.9 Å². The van der Waals surface area contributed by atoms with Crippen LogP contribution in [-0.4, -0.2) is 37.2 Å². The summed E-state index contributed by atoms with van der Waals surface area (Å²) in [7, 11) is 0. The van der Waals surface area contributed by atoms with E-state index in [1.165, 1.54) is 103 Å². The molecule has 0 rings (SSSR count). The van der Waals surface area contributed by atoms with Crippen molar-refractivity contribution in [2.75, 3.05) is 13.2 Å². The maximum Gasteiger partial charge on any atom is 0.306 e. The summed E-state index contributed by atoms with van der Waals surface area (Å²) in [5.41, 5.74) is 0. The predicted octanol–water partition coefficient (Wildman–Crippen LogP) is 22.5. The van der Waals surface area contributed by atoms with Crippen molar-refractivity contribution >= 4 is 17.9 Å². The summed E-state index contributed by atoms with van der Waals surface area (Å²) in [6, 6.07) is 0. The molecule has 1 atom stereocenters. The van der Waals surface area contributed by atoms with Crippen molar-refractivity contribution in [3.8, 4) is 0 Å². The number of carbonyl (C=O) groups excluding carboxylic acids is 3. The first-order valence-corrected chi connectivity index (χ1v) is 32.7. The molecule has 0 N–H and O–H groups in total. The van der Waals surface area contributed by atoms with Crippen LogP contribution in [0.1, 0.15) is 290 Å². The van der Waals surface area contributed by atoms with Gasteiger partial charge in [-0.2, -0.15) is 0 Å². The minimum atomic E-state index is -0.809. The lowest BCUT2D eigenvalue weighted by Gasteiger charge is -2.18. The lowest BCUT2D eigenvalue weighted by molar-refractivity contribution is -0.167. The second-order valence-corrected chi connectivity index (χ2v) is 21.3. The van der Waals surface area contributed by atoms with Gasteiger partial charge in [-0.15, -0.1) is 0 Å². The van der Waals surface area contributed by atoms with Gasteiger partial charge in [0.2, 0.25) is 0 Å². The first-order chi connectivity index (χ1) is 39.0. The van der Waals surface area contributed by atoms with E-state index in [0.29, 0.717) is 19.3 Å². The van der Waals surface area contributed by atoms with Gasteiger partial charge in [-0.25, -0.2) is 0 Å². The highest BCUT2D eigenvalue weighted by Gasteiger charge is 2.19. The van der Waals surface area contributed by atoms with Crippen LogP contribution in [0.3, 0.4) is 0 Å². The summed E-state index contributed by atoms with van der Waals surface area (Å²) >= 11 is 0. The highest BCUT2D eigenvalue weighted by molar-refractivity contribution is 5.71. The maximum atomic E-state index is 12.9. The number of allylic oxidation sites excluding steroid dienone is 22. The molecule has 0 heterocycles. The Hall–Kier alpha value is -4.45. The van der Waals surface area contributed by atoms with E-state index >= 15 is 0 Å². The SMILES string of the molecule is CC/C=C\C/C=C\C/C=C\C/C=C\C/C=C\C/C=C\C/C=C\CCCCCC(=O)OCC(COC(=O)CCCCCCC/C=C\CCCCCCCC)OC(=O)CCCCCCCC/C=C\C/C=C\C/C=C\CCCCCCC. The molecule has 6 nitrogen and oxygen atoms in total. The zero-order valence-electron chi connectivity index (χ0n) is 51.3. The summed E-state index contributed by atoms with van der Waals surface area (Å²) < 4.78 is 16.9. The number of hydrogen-bond acceptors (Lipinski definition) is 6. The average molecular weight is 1090 g/mol. The number of unbranched alkanes of at least 4 members (excludes halogenated alkanes) is 25. The summed E-state index contributed by atoms with van der Waals surface area (Å²) in [6.45, 7) is 6.47. The molecule has 0 spiro atoms.